The molecule has 1 fully saturated rings. The maximum atomic E-state index is 14.9. The van der Waals surface area contributed by atoms with Gasteiger partial charge in [-0.2, -0.15) is 8.78 Å². The standard InChI is InChI=1S/C22H13B5ClF2N3O4/c23-20(8-7-16(34)32(26)18(20)36)31-10-11-9-13(3-6-15(11)17(31)35)22(24,25)33(27)19(37)21(29,30)12-1-4-14(28)5-2-12/h1-6,9H,7-8,10H2/t20-/m1/s1. The number of imide groups is 1. The molecule has 4 amide bonds. The Hall–Kier alpha value is -3.01. The number of nitrogens with zero attached hydrogens (tertiary/aromatic N) is 3. The molecule has 0 aliphatic carbocycles. The lowest BCUT2D eigenvalue weighted by Crippen LogP contribution is -2.64. The first-order valence-electron chi connectivity index (χ1n) is 10.8. The van der Waals surface area contributed by atoms with Crippen LogP contribution in [0.5, 0.6) is 0 Å². The summed E-state index contributed by atoms with van der Waals surface area (Å²) < 4.78 is 29.8. The van der Waals surface area contributed by atoms with E-state index in [4.69, 9.17) is 51.1 Å². The van der Waals surface area contributed by atoms with Gasteiger partial charge in [0.15, 0.2) is 0 Å². The molecule has 4 rings (SSSR count). The molecule has 2 aliphatic rings. The molecule has 1 saturated heterocycles. The predicted molar refractivity (Wildman–Crippen MR) is 133 cm³/mol. The number of benzene rings is 2. The molecule has 15 heteroatoms. The van der Waals surface area contributed by atoms with E-state index < -0.39 is 45.9 Å². The van der Waals surface area contributed by atoms with Crippen LogP contribution in [0.15, 0.2) is 42.5 Å². The lowest BCUT2D eigenvalue weighted by atomic mass is 9.55. The van der Waals surface area contributed by atoms with Crippen LogP contribution in [0.3, 0.4) is 0 Å². The topological polar surface area (TPSA) is 78.0 Å². The average Bonchev–Trinajstić information content (AvgIpc) is 3.20. The first kappa shape index (κ1) is 27.0. The quantitative estimate of drug-likeness (QED) is 0.435. The van der Waals surface area contributed by atoms with Crippen molar-refractivity contribution < 1.29 is 28.0 Å². The van der Waals surface area contributed by atoms with Crippen LogP contribution in [0, 0.1) is 0 Å². The van der Waals surface area contributed by atoms with Crippen LogP contribution >= 0.6 is 11.6 Å². The fraction of sp³-hybridized carbons (Fsp3) is 0.273. The summed E-state index contributed by atoms with van der Waals surface area (Å²) in [6.07, 6.45) is -0.321. The van der Waals surface area contributed by atoms with Gasteiger partial charge in [0.1, 0.15) is 7.85 Å². The number of amides is 4. The normalized spacial score (nSPS) is 20.2. The number of carbonyl (C=O) groups is 4. The summed E-state index contributed by atoms with van der Waals surface area (Å²) in [7, 11) is 29.5. The molecule has 0 aromatic heterocycles. The molecule has 176 valence electrons. The van der Waals surface area contributed by atoms with Gasteiger partial charge in [0.05, 0.1) is 21.1 Å². The van der Waals surface area contributed by atoms with Gasteiger partial charge < -0.3 is 14.5 Å². The van der Waals surface area contributed by atoms with Gasteiger partial charge in [0.25, 0.3) is 11.8 Å². The van der Waals surface area contributed by atoms with Gasteiger partial charge in [0.2, 0.25) is 27.8 Å². The van der Waals surface area contributed by atoms with E-state index in [0.717, 1.165) is 17.0 Å². The summed E-state index contributed by atoms with van der Waals surface area (Å²) in [6, 6.07) is 8.11. The Labute approximate surface area is 222 Å². The zero-order chi connectivity index (χ0) is 27.5. The third-order valence-electron chi connectivity index (χ3n) is 6.52. The third-order valence-corrected chi connectivity index (χ3v) is 6.78. The number of piperidine rings is 1. The van der Waals surface area contributed by atoms with E-state index in [0.29, 0.717) is 4.81 Å². The van der Waals surface area contributed by atoms with E-state index in [9.17, 15) is 28.0 Å². The van der Waals surface area contributed by atoms with Crippen LogP contribution in [0.25, 0.3) is 0 Å². The molecule has 0 saturated carbocycles. The van der Waals surface area contributed by atoms with Gasteiger partial charge in [-0.15, -0.1) is 0 Å². The van der Waals surface area contributed by atoms with Crippen molar-refractivity contribution in [2.24, 2.45) is 0 Å². The first-order chi connectivity index (χ1) is 17.1. The van der Waals surface area contributed by atoms with Crippen LogP contribution in [-0.4, -0.2) is 83.1 Å². The molecule has 1 atom stereocenters. The Balaban J connectivity index is 1.61. The number of fused-ring (bicyclic) bond motifs is 1. The maximum Gasteiger partial charge on any atom is 0.348 e. The minimum absolute atomic E-state index is 0.00483. The second-order valence-corrected chi connectivity index (χ2v) is 9.27. The van der Waals surface area contributed by atoms with Crippen molar-refractivity contribution in [1.82, 2.24) is 14.5 Å². The van der Waals surface area contributed by atoms with Gasteiger partial charge in [-0.05, 0) is 41.1 Å². The summed E-state index contributed by atoms with van der Waals surface area (Å²) in [5.74, 6) is -8.21. The first-order valence-corrected chi connectivity index (χ1v) is 11.2. The zero-order valence-electron chi connectivity index (χ0n) is 19.2. The van der Waals surface area contributed by atoms with Crippen LogP contribution in [0.1, 0.15) is 39.9 Å². The highest BCUT2D eigenvalue weighted by Crippen LogP contribution is 2.37. The zero-order valence-corrected chi connectivity index (χ0v) is 19.9. The highest BCUT2D eigenvalue weighted by Gasteiger charge is 2.50. The molecule has 0 unspecified atom stereocenters. The molecule has 2 heterocycles. The Kier molecular flexibility index (Phi) is 6.63. The van der Waals surface area contributed by atoms with Gasteiger partial charge in [-0.25, -0.2) is 0 Å². The highest BCUT2D eigenvalue weighted by atomic mass is 35.5. The molecule has 0 bridgehead atoms. The largest absolute Gasteiger partial charge is 0.398 e. The number of halogens is 3. The summed E-state index contributed by atoms with van der Waals surface area (Å²) in [4.78, 5) is 51.5. The van der Waals surface area contributed by atoms with E-state index in [2.05, 4.69) is 0 Å². The molecule has 7 nitrogen and oxygen atoms in total. The number of carbonyl (C=O) groups excluding carboxylic acids is 4. The molecule has 0 spiro atoms. The van der Waals surface area contributed by atoms with Gasteiger partial charge >= 0.3 is 5.92 Å². The molecule has 2 aliphatic heterocycles. The average molecular weight is 511 g/mol. The van der Waals surface area contributed by atoms with E-state index in [1.54, 1.807) is 0 Å². The Bertz CT molecular complexity index is 1330. The van der Waals surface area contributed by atoms with Gasteiger partial charge in [-0.1, -0.05) is 35.9 Å². The van der Waals surface area contributed by atoms with Gasteiger partial charge in [-0.3, -0.25) is 19.2 Å². The second-order valence-electron chi connectivity index (χ2n) is 8.84. The Morgan fingerprint density at radius 2 is 1.65 bits per heavy atom. The Morgan fingerprint density at radius 1 is 1.05 bits per heavy atom. The van der Waals surface area contributed by atoms with E-state index >= 15 is 0 Å². The Morgan fingerprint density at radius 3 is 2.27 bits per heavy atom. The lowest BCUT2D eigenvalue weighted by Gasteiger charge is -2.43. The van der Waals surface area contributed by atoms with Crippen LogP contribution < -0.4 is 0 Å². The molecule has 2 aromatic carbocycles. The minimum atomic E-state index is -4.09. The molecule has 10 radical (unpaired) electrons. The van der Waals surface area contributed by atoms with Crippen LogP contribution in [0.4, 0.5) is 8.78 Å². The molecule has 37 heavy (non-hydrogen) atoms. The van der Waals surface area contributed by atoms with Crippen molar-refractivity contribution in [3.05, 3.63) is 69.7 Å². The summed E-state index contributed by atoms with van der Waals surface area (Å²) >= 11 is 5.72. The summed E-state index contributed by atoms with van der Waals surface area (Å²) in [6.45, 7) is -0.207. The smallest absolute Gasteiger partial charge is 0.348 e. The van der Waals surface area contributed by atoms with E-state index in [1.165, 1.54) is 30.3 Å². The van der Waals surface area contributed by atoms with Crippen molar-refractivity contribution >= 4 is 74.7 Å². The number of hydrogen-bond donors (Lipinski definition) is 0. The van der Waals surface area contributed by atoms with Crippen molar-refractivity contribution in [3.8, 4) is 0 Å². The summed E-state index contributed by atoms with van der Waals surface area (Å²) in [5.41, 5.74) is -2.25. The molecule has 0 N–H and O–H groups in total. The second kappa shape index (κ2) is 9.08. The van der Waals surface area contributed by atoms with Crippen molar-refractivity contribution in [3.63, 3.8) is 0 Å². The monoisotopic (exact) mass is 511 g/mol. The van der Waals surface area contributed by atoms with Crippen molar-refractivity contribution in [2.75, 3.05) is 0 Å². The van der Waals surface area contributed by atoms with E-state index in [1.807, 2.05) is 0 Å². The molecule has 2 aromatic rings. The number of alkyl halides is 2. The van der Waals surface area contributed by atoms with E-state index in [-0.39, 0.29) is 45.9 Å². The molecular formula is C22H13B5ClF2N3O4. The fourth-order valence-corrected chi connectivity index (χ4v) is 4.36. The molecular weight excluding hydrogens is 498 g/mol. The van der Waals surface area contributed by atoms with Gasteiger partial charge in [0, 0.05) is 29.1 Å². The third kappa shape index (κ3) is 4.29. The fourth-order valence-electron chi connectivity index (χ4n) is 4.23. The SMILES string of the molecule is [B]N1C(=O)CC[C@@]([B])(N2Cc3cc(C([B])([B])N([B])C(=O)C(F)(F)c4ccc(Cl)cc4)ccc3C2=O)C1=O. The summed E-state index contributed by atoms with van der Waals surface area (Å²) in [5, 5.41) is -2.25. The van der Waals surface area contributed by atoms with Crippen molar-refractivity contribution in [1.29, 1.82) is 0 Å². The minimum Gasteiger partial charge on any atom is -0.398 e. The highest BCUT2D eigenvalue weighted by molar-refractivity contribution is 6.43. The lowest BCUT2D eigenvalue weighted by molar-refractivity contribution is -0.155. The van der Waals surface area contributed by atoms with Crippen LogP contribution in [0.2, 0.25) is 5.02 Å². The number of hydrogen-bond acceptors (Lipinski definition) is 4. The predicted octanol–water partition coefficient (Wildman–Crippen LogP) is 0.545. The number of rotatable bonds is 5. The maximum absolute atomic E-state index is 14.9. The van der Waals surface area contributed by atoms with Crippen molar-refractivity contribution in [2.45, 2.75) is 36.1 Å². The van der Waals surface area contributed by atoms with Crippen LogP contribution in [-0.2, 0) is 32.2 Å².